The van der Waals surface area contributed by atoms with Crippen molar-refractivity contribution in [2.24, 2.45) is 11.5 Å². The fourth-order valence-corrected chi connectivity index (χ4v) is 0.949. The molecular formula is C6H11N5O. The molecule has 1 amide bonds. The summed E-state index contributed by atoms with van der Waals surface area (Å²) in [6, 6.07) is 0. The molecule has 1 rings (SSSR count). The number of amides is 1. The van der Waals surface area contributed by atoms with Crippen molar-refractivity contribution in [1.29, 1.82) is 0 Å². The van der Waals surface area contributed by atoms with Crippen molar-refractivity contribution in [2.75, 3.05) is 5.73 Å². The van der Waals surface area contributed by atoms with Crippen molar-refractivity contribution in [3.8, 4) is 0 Å². The van der Waals surface area contributed by atoms with Crippen molar-refractivity contribution in [2.45, 2.75) is 13.1 Å². The molecule has 0 saturated heterocycles. The summed E-state index contributed by atoms with van der Waals surface area (Å²) in [7, 11) is 0. The molecular weight excluding hydrogens is 158 g/mol. The first kappa shape index (κ1) is 8.54. The largest absolute Gasteiger partial charge is 0.382 e. The van der Waals surface area contributed by atoms with Gasteiger partial charge >= 0.3 is 0 Å². The summed E-state index contributed by atoms with van der Waals surface area (Å²) in [5.74, 6) is -0.0964. The van der Waals surface area contributed by atoms with E-state index in [0.717, 1.165) is 0 Å². The molecule has 0 unspecified atom stereocenters. The zero-order valence-electron chi connectivity index (χ0n) is 6.53. The summed E-state index contributed by atoms with van der Waals surface area (Å²) in [5.41, 5.74) is 16.5. The fraction of sp³-hybridized carbons (Fsp3) is 0.333. The Morgan fingerprint density at radius 2 is 2.33 bits per heavy atom. The molecule has 0 aliphatic heterocycles. The Hall–Kier alpha value is -1.56. The van der Waals surface area contributed by atoms with Crippen LogP contribution in [0, 0.1) is 0 Å². The molecule has 1 aromatic rings. The third-order valence-electron chi connectivity index (χ3n) is 1.50. The maximum atomic E-state index is 10.5. The second kappa shape index (κ2) is 3.22. The van der Waals surface area contributed by atoms with E-state index in [-0.39, 0.29) is 13.1 Å². The number of rotatable bonds is 3. The second-order valence-electron chi connectivity index (χ2n) is 2.37. The maximum absolute atomic E-state index is 10.5. The lowest BCUT2D eigenvalue weighted by Gasteiger charge is -2.02. The Bertz CT molecular complexity index is 292. The van der Waals surface area contributed by atoms with Crippen LogP contribution in [0.15, 0.2) is 6.33 Å². The van der Waals surface area contributed by atoms with Crippen LogP contribution in [-0.2, 0) is 17.9 Å². The molecule has 1 heterocycles. The molecule has 1 aromatic heterocycles. The number of nitrogens with zero attached hydrogens (tertiary/aromatic N) is 2. The smallest absolute Gasteiger partial charge is 0.237 e. The van der Waals surface area contributed by atoms with Crippen LogP contribution in [0.2, 0.25) is 0 Å². The summed E-state index contributed by atoms with van der Waals surface area (Å²) >= 11 is 0. The van der Waals surface area contributed by atoms with Crippen LogP contribution in [0.25, 0.3) is 0 Å². The van der Waals surface area contributed by atoms with Crippen LogP contribution in [-0.4, -0.2) is 15.5 Å². The Kier molecular flexibility index (Phi) is 2.29. The molecule has 6 heteroatoms. The average Bonchev–Trinajstić information content (AvgIpc) is 2.30. The Balaban J connectivity index is 2.91. The molecule has 6 nitrogen and oxygen atoms in total. The lowest BCUT2D eigenvalue weighted by atomic mass is 10.4. The van der Waals surface area contributed by atoms with Gasteiger partial charge < -0.3 is 21.8 Å². The van der Waals surface area contributed by atoms with Crippen LogP contribution in [0.4, 0.5) is 5.82 Å². The van der Waals surface area contributed by atoms with Crippen molar-refractivity contribution in [3.05, 3.63) is 12.0 Å². The highest BCUT2D eigenvalue weighted by Gasteiger charge is 2.07. The number of anilines is 1. The molecule has 0 saturated carbocycles. The van der Waals surface area contributed by atoms with E-state index in [9.17, 15) is 4.79 Å². The number of nitrogens with two attached hydrogens (primary N) is 3. The number of hydrogen-bond donors (Lipinski definition) is 3. The van der Waals surface area contributed by atoms with E-state index in [1.54, 1.807) is 0 Å². The van der Waals surface area contributed by atoms with E-state index in [2.05, 4.69) is 4.98 Å². The fourth-order valence-electron chi connectivity index (χ4n) is 0.949. The monoisotopic (exact) mass is 169 g/mol. The number of carbonyl (C=O) groups excluding carboxylic acids is 1. The molecule has 0 aliphatic carbocycles. The van der Waals surface area contributed by atoms with Crippen LogP contribution in [0.5, 0.6) is 0 Å². The molecule has 12 heavy (non-hydrogen) atoms. The van der Waals surface area contributed by atoms with Gasteiger partial charge in [0.25, 0.3) is 0 Å². The predicted molar refractivity (Wildman–Crippen MR) is 43.7 cm³/mol. The van der Waals surface area contributed by atoms with Crippen molar-refractivity contribution in [1.82, 2.24) is 9.55 Å². The summed E-state index contributed by atoms with van der Waals surface area (Å²) in [6.07, 6.45) is 1.45. The first-order chi connectivity index (χ1) is 5.65. The predicted octanol–water partition coefficient (Wildman–Crippen LogP) is -1.59. The van der Waals surface area contributed by atoms with Gasteiger partial charge in [-0.2, -0.15) is 0 Å². The highest BCUT2D eigenvalue weighted by Crippen LogP contribution is 2.07. The van der Waals surface area contributed by atoms with Crippen molar-refractivity contribution >= 4 is 11.7 Å². The molecule has 0 fully saturated rings. The van der Waals surface area contributed by atoms with E-state index in [0.29, 0.717) is 11.5 Å². The van der Waals surface area contributed by atoms with Gasteiger partial charge in [0.1, 0.15) is 12.4 Å². The molecule has 0 aromatic carbocycles. The summed E-state index contributed by atoms with van der Waals surface area (Å²) < 4.78 is 1.54. The molecule has 0 spiro atoms. The van der Waals surface area contributed by atoms with Gasteiger partial charge in [-0.05, 0) is 0 Å². The van der Waals surface area contributed by atoms with Crippen molar-refractivity contribution < 1.29 is 4.79 Å². The van der Waals surface area contributed by atoms with E-state index >= 15 is 0 Å². The van der Waals surface area contributed by atoms with Gasteiger partial charge in [0.2, 0.25) is 5.91 Å². The van der Waals surface area contributed by atoms with E-state index in [1.165, 1.54) is 10.9 Å². The van der Waals surface area contributed by atoms with Crippen LogP contribution in [0.1, 0.15) is 5.69 Å². The molecule has 0 aliphatic rings. The molecule has 0 atom stereocenters. The lowest BCUT2D eigenvalue weighted by molar-refractivity contribution is -0.118. The highest BCUT2D eigenvalue weighted by atomic mass is 16.1. The van der Waals surface area contributed by atoms with Crippen LogP contribution >= 0.6 is 0 Å². The molecule has 0 bridgehead atoms. The van der Waals surface area contributed by atoms with E-state index in [1.807, 2.05) is 0 Å². The van der Waals surface area contributed by atoms with E-state index in [4.69, 9.17) is 17.2 Å². The normalized spacial score (nSPS) is 10.1. The molecule has 0 radical (unpaired) electrons. The maximum Gasteiger partial charge on any atom is 0.237 e. The topological polar surface area (TPSA) is 113 Å². The minimum absolute atomic E-state index is 0.0662. The quantitative estimate of drug-likeness (QED) is 0.506. The van der Waals surface area contributed by atoms with Gasteiger partial charge in [0.15, 0.2) is 0 Å². The molecule has 6 N–H and O–H groups in total. The SMILES string of the molecule is NCc1c(N)ncn1CC(N)=O. The second-order valence-corrected chi connectivity index (χ2v) is 2.37. The zero-order chi connectivity index (χ0) is 9.14. The van der Waals surface area contributed by atoms with Gasteiger partial charge in [0, 0.05) is 6.54 Å². The third kappa shape index (κ3) is 1.54. The number of aromatic nitrogens is 2. The lowest BCUT2D eigenvalue weighted by Crippen LogP contribution is -2.20. The third-order valence-corrected chi connectivity index (χ3v) is 1.50. The van der Waals surface area contributed by atoms with Gasteiger partial charge in [-0.25, -0.2) is 4.98 Å². The Morgan fingerprint density at radius 3 is 2.83 bits per heavy atom. The standard InChI is InChI=1S/C6H11N5O/c7-1-4-6(9)10-3-11(4)2-5(8)12/h3H,1-2,7,9H2,(H2,8,12). The number of primary amides is 1. The number of carbonyl (C=O) groups is 1. The summed E-state index contributed by atoms with van der Waals surface area (Å²) in [6.45, 7) is 0.315. The highest BCUT2D eigenvalue weighted by molar-refractivity contribution is 5.73. The van der Waals surface area contributed by atoms with Crippen LogP contribution < -0.4 is 17.2 Å². The van der Waals surface area contributed by atoms with E-state index < -0.39 is 5.91 Å². The molecule has 66 valence electrons. The Morgan fingerprint density at radius 1 is 1.67 bits per heavy atom. The van der Waals surface area contributed by atoms with Gasteiger partial charge in [-0.3, -0.25) is 4.79 Å². The van der Waals surface area contributed by atoms with Crippen molar-refractivity contribution in [3.63, 3.8) is 0 Å². The van der Waals surface area contributed by atoms with Gasteiger partial charge in [0.05, 0.1) is 12.0 Å². The summed E-state index contributed by atoms with van der Waals surface area (Å²) in [5, 5.41) is 0. The minimum Gasteiger partial charge on any atom is -0.382 e. The zero-order valence-corrected chi connectivity index (χ0v) is 6.53. The number of imidazole rings is 1. The van der Waals surface area contributed by atoms with Gasteiger partial charge in [-0.1, -0.05) is 0 Å². The first-order valence-corrected chi connectivity index (χ1v) is 3.43. The minimum atomic E-state index is -0.442. The number of hydrogen-bond acceptors (Lipinski definition) is 4. The summed E-state index contributed by atoms with van der Waals surface area (Å²) in [4.78, 5) is 14.3. The average molecular weight is 169 g/mol. The Labute approximate surface area is 69.3 Å². The van der Waals surface area contributed by atoms with Crippen LogP contribution in [0.3, 0.4) is 0 Å². The number of nitrogen functional groups attached to an aromatic ring is 1. The first-order valence-electron chi connectivity index (χ1n) is 3.43. The van der Waals surface area contributed by atoms with Gasteiger partial charge in [-0.15, -0.1) is 0 Å².